The van der Waals surface area contributed by atoms with Gasteiger partial charge in [0.05, 0.1) is 26.5 Å². The van der Waals surface area contributed by atoms with E-state index in [9.17, 15) is 9.59 Å². The van der Waals surface area contributed by atoms with E-state index < -0.39 is 5.41 Å². The number of benzene rings is 1. The molecule has 2 aromatic rings. The Labute approximate surface area is 171 Å². The van der Waals surface area contributed by atoms with Crippen LogP contribution in [-0.2, 0) is 29.1 Å². The summed E-state index contributed by atoms with van der Waals surface area (Å²) in [5.41, 5.74) is 1.70. The Morgan fingerprint density at radius 2 is 1.83 bits per heavy atom. The maximum absolute atomic E-state index is 13.2. The summed E-state index contributed by atoms with van der Waals surface area (Å²) < 4.78 is 10.7. The highest BCUT2D eigenvalue weighted by Crippen LogP contribution is 2.34. The van der Waals surface area contributed by atoms with Crippen LogP contribution in [0.25, 0.3) is 0 Å². The van der Waals surface area contributed by atoms with Gasteiger partial charge in [-0.05, 0) is 55.7 Å². The summed E-state index contributed by atoms with van der Waals surface area (Å²) in [5.74, 6) is 0.802. The predicted octanol–water partition coefficient (Wildman–Crippen LogP) is 2.33. The molecule has 0 saturated carbocycles. The number of rotatable bonds is 6. The van der Waals surface area contributed by atoms with Crippen molar-refractivity contribution in [3.63, 3.8) is 0 Å². The zero-order valence-electron chi connectivity index (χ0n) is 17.3. The Morgan fingerprint density at radius 1 is 1.14 bits per heavy atom. The van der Waals surface area contributed by atoms with Gasteiger partial charge in [-0.15, -0.1) is 0 Å². The fourth-order valence-electron chi connectivity index (χ4n) is 3.44. The monoisotopic (exact) mass is 397 g/mol. The molecule has 0 aliphatic carbocycles. The number of amides is 2. The number of pyridine rings is 1. The Kier molecular flexibility index (Phi) is 6.06. The number of fused-ring (bicyclic) bond motifs is 1. The smallest absolute Gasteiger partial charge is 0.238 e. The highest BCUT2D eigenvalue weighted by molar-refractivity contribution is 6.04. The van der Waals surface area contributed by atoms with Crippen LogP contribution < -0.4 is 14.8 Å². The average molecular weight is 397 g/mol. The Hall–Kier alpha value is -3.09. The van der Waals surface area contributed by atoms with Crippen LogP contribution in [0.1, 0.15) is 30.7 Å². The maximum atomic E-state index is 13.2. The second-order valence-corrected chi connectivity index (χ2v) is 7.58. The molecule has 1 aromatic carbocycles. The molecule has 0 bridgehead atoms. The minimum atomic E-state index is -1.18. The van der Waals surface area contributed by atoms with E-state index in [1.165, 1.54) is 0 Å². The van der Waals surface area contributed by atoms with E-state index in [2.05, 4.69) is 10.3 Å². The van der Waals surface area contributed by atoms with E-state index in [0.29, 0.717) is 31.0 Å². The minimum absolute atomic E-state index is 0.198. The number of carbonyl (C=O) groups is 2. The third kappa shape index (κ3) is 4.34. The molecule has 2 amide bonds. The van der Waals surface area contributed by atoms with Gasteiger partial charge in [0, 0.05) is 19.3 Å². The van der Waals surface area contributed by atoms with E-state index in [1.54, 1.807) is 39.2 Å². The summed E-state index contributed by atoms with van der Waals surface area (Å²) >= 11 is 0. The number of carbonyl (C=O) groups excluding carboxylic acids is 2. The van der Waals surface area contributed by atoms with E-state index in [0.717, 1.165) is 16.8 Å². The van der Waals surface area contributed by atoms with E-state index >= 15 is 0 Å². The third-order valence-electron chi connectivity index (χ3n) is 5.26. The predicted molar refractivity (Wildman–Crippen MR) is 109 cm³/mol. The summed E-state index contributed by atoms with van der Waals surface area (Å²) in [6.45, 7) is 4.60. The summed E-state index contributed by atoms with van der Waals surface area (Å²) in [4.78, 5) is 31.8. The van der Waals surface area contributed by atoms with Crippen LogP contribution in [0.5, 0.6) is 11.5 Å². The lowest BCUT2D eigenvalue weighted by Crippen LogP contribution is -2.50. The molecule has 2 heterocycles. The normalized spacial score (nSPS) is 13.4. The van der Waals surface area contributed by atoms with Gasteiger partial charge in [0.15, 0.2) is 11.5 Å². The van der Waals surface area contributed by atoms with Crippen LogP contribution in [0.15, 0.2) is 36.5 Å². The quantitative estimate of drug-likeness (QED) is 0.757. The highest BCUT2D eigenvalue weighted by Gasteiger charge is 2.40. The first-order valence-electron chi connectivity index (χ1n) is 9.58. The maximum Gasteiger partial charge on any atom is 0.238 e. The third-order valence-corrected chi connectivity index (χ3v) is 5.26. The minimum Gasteiger partial charge on any atom is -0.493 e. The lowest BCUT2D eigenvalue weighted by molar-refractivity contribution is -0.149. The molecule has 0 saturated heterocycles. The molecule has 1 aromatic heterocycles. The van der Waals surface area contributed by atoms with Crippen molar-refractivity contribution in [1.29, 1.82) is 0 Å². The Bertz CT molecular complexity index is 896. The highest BCUT2D eigenvalue weighted by atomic mass is 16.5. The zero-order valence-corrected chi connectivity index (χ0v) is 17.3. The standard InChI is InChI=1S/C22H27N3O4/c1-22(2,20(26)24-13-17-7-5-6-9-23-17)21(27)25-10-8-15-11-18(28-3)19(29-4)12-16(15)14-25/h5-7,9,11-12H,8,10,13-14H2,1-4H3,(H,24,26). The number of methoxy groups -OCH3 is 2. The molecule has 3 rings (SSSR count). The van der Waals surface area contributed by atoms with Gasteiger partial charge in [0.2, 0.25) is 11.8 Å². The molecule has 7 heteroatoms. The van der Waals surface area contributed by atoms with Crippen molar-refractivity contribution >= 4 is 11.8 Å². The molecular formula is C22H27N3O4. The van der Waals surface area contributed by atoms with Gasteiger partial charge in [-0.2, -0.15) is 0 Å². The molecule has 0 fully saturated rings. The fraction of sp³-hybridized carbons (Fsp3) is 0.409. The van der Waals surface area contributed by atoms with Crippen molar-refractivity contribution < 1.29 is 19.1 Å². The summed E-state index contributed by atoms with van der Waals surface area (Å²) in [6, 6.07) is 9.37. The van der Waals surface area contributed by atoms with Gasteiger partial charge in [-0.25, -0.2) is 0 Å². The van der Waals surface area contributed by atoms with Crippen molar-refractivity contribution in [2.45, 2.75) is 33.4 Å². The van der Waals surface area contributed by atoms with Crippen LogP contribution in [0.3, 0.4) is 0 Å². The zero-order chi connectivity index (χ0) is 21.0. The molecule has 1 N–H and O–H groups in total. The number of nitrogens with one attached hydrogen (secondary N) is 1. The van der Waals surface area contributed by atoms with Crippen LogP contribution in [0.4, 0.5) is 0 Å². The molecule has 0 atom stereocenters. The van der Waals surface area contributed by atoms with Crippen molar-refractivity contribution in [3.8, 4) is 11.5 Å². The molecule has 1 aliphatic heterocycles. The summed E-state index contributed by atoms with van der Waals surface area (Å²) in [5, 5.41) is 2.83. The van der Waals surface area contributed by atoms with Crippen molar-refractivity contribution in [3.05, 3.63) is 53.3 Å². The molecule has 7 nitrogen and oxygen atoms in total. The second kappa shape index (κ2) is 8.51. The van der Waals surface area contributed by atoms with Crippen LogP contribution in [0, 0.1) is 5.41 Å². The van der Waals surface area contributed by atoms with Gasteiger partial charge < -0.3 is 19.7 Å². The first-order chi connectivity index (χ1) is 13.9. The second-order valence-electron chi connectivity index (χ2n) is 7.58. The largest absolute Gasteiger partial charge is 0.493 e. The van der Waals surface area contributed by atoms with E-state index in [1.807, 2.05) is 30.3 Å². The summed E-state index contributed by atoms with van der Waals surface area (Å²) in [7, 11) is 3.19. The SMILES string of the molecule is COc1cc2c(cc1OC)CN(C(=O)C(C)(C)C(=O)NCc1ccccn1)CC2. The van der Waals surface area contributed by atoms with Gasteiger partial charge in [-0.1, -0.05) is 6.07 Å². The molecular weight excluding hydrogens is 370 g/mol. The topological polar surface area (TPSA) is 80.8 Å². The van der Waals surface area contributed by atoms with Crippen molar-refractivity contribution in [2.75, 3.05) is 20.8 Å². The number of hydrogen-bond acceptors (Lipinski definition) is 5. The first-order valence-corrected chi connectivity index (χ1v) is 9.58. The van der Waals surface area contributed by atoms with E-state index in [-0.39, 0.29) is 18.4 Å². The number of hydrogen-bond donors (Lipinski definition) is 1. The number of nitrogens with zero attached hydrogens (tertiary/aromatic N) is 2. The number of ether oxygens (including phenoxy) is 2. The van der Waals surface area contributed by atoms with Crippen LogP contribution >= 0.6 is 0 Å². The fourth-order valence-corrected chi connectivity index (χ4v) is 3.44. The van der Waals surface area contributed by atoms with Crippen LogP contribution in [0.2, 0.25) is 0 Å². The Morgan fingerprint density at radius 3 is 2.45 bits per heavy atom. The molecule has 29 heavy (non-hydrogen) atoms. The molecule has 0 unspecified atom stereocenters. The van der Waals surface area contributed by atoms with Gasteiger partial charge in [-0.3, -0.25) is 14.6 Å². The first kappa shape index (κ1) is 20.6. The molecule has 1 aliphatic rings. The molecule has 154 valence electrons. The Balaban J connectivity index is 1.70. The molecule has 0 radical (unpaired) electrons. The van der Waals surface area contributed by atoms with Gasteiger partial charge in [0.25, 0.3) is 0 Å². The van der Waals surface area contributed by atoms with Gasteiger partial charge in [0.1, 0.15) is 5.41 Å². The van der Waals surface area contributed by atoms with Crippen LogP contribution in [-0.4, -0.2) is 42.5 Å². The number of aromatic nitrogens is 1. The lowest BCUT2D eigenvalue weighted by Gasteiger charge is -2.34. The van der Waals surface area contributed by atoms with Gasteiger partial charge >= 0.3 is 0 Å². The molecule has 0 spiro atoms. The van der Waals surface area contributed by atoms with E-state index in [4.69, 9.17) is 9.47 Å². The lowest BCUT2D eigenvalue weighted by atomic mass is 9.88. The van der Waals surface area contributed by atoms with Crippen molar-refractivity contribution in [2.24, 2.45) is 5.41 Å². The average Bonchev–Trinajstić information content (AvgIpc) is 2.76. The van der Waals surface area contributed by atoms with Crippen molar-refractivity contribution in [1.82, 2.24) is 15.2 Å². The summed E-state index contributed by atoms with van der Waals surface area (Å²) in [6.07, 6.45) is 2.37.